The van der Waals surface area contributed by atoms with Gasteiger partial charge in [0.1, 0.15) is 17.3 Å². The highest BCUT2D eigenvalue weighted by Gasteiger charge is 1.98. The Kier molecular flexibility index (Phi) is 2.86. The fraction of sp³-hybridized carbons (Fsp3) is 0. The second-order valence-electron chi connectivity index (χ2n) is 3.12. The second-order valence-corrected chi connectivity index (χ2v) is 3.12. The van der Waals surface area contributed by atoms with Crippen molar-refractivity contribution in [3.05, 3.63) is 53.3 Å². The lowest BCUT2D eigenvalue weighted by Crippen LogP contribution is -1.92. The number of pyridine rings is 1. The molecule has 0 amide bonds. The molecule has 0 aliphatic rings. The first-order valence-electron chi connectivity index (χ1n) is 4.60. The Morgan fingerprint density at radius 2 is 1.94 bits per heavy atom. The normalized spacial score (nSPS) is 9.81. The van der Waals surface area contributed by atoms with E-state index in [0.29, 0.717) is 17.2 Å². The van der Waals surface area contributed by atoms with E-state index in [1.807, 2.05) is 0 Å². The molecule has 1 aromatic carbocycles. The minimum atomic E-state index is -0.304. The predicted molar refractivity (Wildman–Crippen MR) is 59.4 cm³/mol. The monoisotopic (exact) mass is 217 g/mol. The molecule has 5 heteroatoms. The maximum Gasteiger partial charge on any atom is 0.132 e. The molecule has 0 unspecified atom stereocenters. The number of nitroso groups, excluding NO2 is 1. The third-order valence-electron chi connectivity index (χ3n) is 1.97. The summed E-state index contributed by atoms with van der Waals surface area (Å²) >= 11 is 0. The van der Waals surface area contributed by atoms with Crippen LogP contribution in [-0.2, 0) is 0 Å². The molecule has 0 bridgehead atoms. The molecule has 0 radical (unpaired) electrons. The molecule has 80 valence electrons. The van der Waals surface area contributed by atoms with E-state index in [1.54, 1.807) is 12.1 Å². The van der Waals surface area contributed by atoms with Crippen LogP contribution in [0.1, 0.15) is 0 Å². The maximum atomic E-state index is 12.6. The lowest BCUT2D eigenvalue weighted by molar-refractivity contribution is 0.628. The van der Waals surface area contributed by atoms with Gasteiger partial charge < -0.3 is 5.32 Å². The summed E-state index contributed by atoms with van der Waals surface area (Å²) in [6.07, 6.45) is 1.47. The summed E-state index contributed by atoms with van der Waals surface area (Å²) in [6, 6.07) is 8.85. The number of anilines is 2. The zero-order valence-electron chi connectivity index (χ0n) is 8.22. The van der Waals surface area contributed by atoms with E-state index in [-0.39, 0.29) is 5.82 Å². The van der Waals surface area contributed by atoms with Gasteiger partial charge >= 0.3 is 0 Å². The Bertz CT molecular complexity index is 499. The number of aromatic nitrogens is 1. The lowest BCUT2D eigenvalue weighted by Gasteiger charge is -2.04. The van der Waals surface area contributed by atoms with E-state index in [2.05, 4.69) is 15.5 Å². The molecule has 0 atom stereocenters. The SMILES string of the molecule is O=Nc1ccnc(Nc2ccc(F)cc2)c1. The van der Waals surface area contributed by atoms with Gasteiger partial charge in [0.05, 0.1) is 0 Å². The van der Waals surface area contributed by atoms with Crippen molar-refractivity contribution in [2.24, 2.45) is 5.18 Å². The zero-order valence-corrected chi connectivity index (χ0v) is 8.22. The largest absolute Gasteiger partial charge is 0.340 e. The number of benzene rings is 1. The fourth-order valence-corrected chi connectivity index (χ4v) is 1.23. The Labute approximate surface area is 91.1 Å². The van der Waals surface area contributed by atoms with E-state index in [9.17, 15) is 9.30 Å². The van der Waals surface area contributed by atoms with E-state index >= 15 is 0 Å². The first-order valence-corrected chi connectivity index (χ1v) is 4.60. The van der Waals surface area contributed by atoms with Crippen LogP contribution in [0.25, 0.3) is 0 Å². The van der Waals surface area contributed by atoms with Crippen LogP contribution in [0.15, 0.2) is 47.8 Å². The lowest BCUT2D eigenvalue weighted by atomic mass is 10.3. The van der Waals surface area contributed by atoms with Crippen molar-refractivity contribution in [3.8, 4) is 0 Å². The molecule has 0 aliphatic carbocycles. The number of hydrogen-bond acceptors (Lipinski definition) is 4. The standard InChI is InChI=1S/C11H8FN3O/c12-8-1-3-9(4-2-8)14-11-7-10(15-16)5-6-13-11/h1-7H,(H,13,14). The van der Waals surface area contributed by atoms with Crippen LogP contribution < -0.4 is 5.32 Å². The summed E-state index contributed by atoms with van der Waals surface area (Å²) in [5.41, 5.74) is 0.983. The molecule has 16 heavy (non-hydrogen) atoms. The molecule has 0 aliphatic heterocycles. The second kappa shape index (κ2) is 4.48. The molecule has 2 rings (SSSR count). The first-order chi connectivity index (χ1) is 7.78. The van der Waals surface area contributed by atoms with Crippen LogP contribution in [0.3, 0.4) is 0 Å². The van der Waals surface area contributed by atoms with Crippen molar-refractivity contribution < 1.29 is 4.39 Å². The summed E-state index contributed by atoms with van der Waals surface area (Å²) in [6.45, 7) is 0. The first kappa shape index (κ1) is 10.2. The smallest absolute Gasteiger partial charge is 0.132 e. The van der Waals surface area contributed by atoms with E-state index < -0.39 is 0 Å². The van der Waals surface area contributed by atoms with Crippen molar-refractivity contribution in [1.29, 1.82) is 0 Å². The Morgan fingerprint density at radius 3 is 2.62 bits per heavy atom. The van der Waals surface area contributed by atoms with Crippen molar-refractivity contribution in [2.45, 2.75) is 0 Å². The van der Waals surface area contributed by atoms with Crippen LogP contribution in [0.2, 0.25) is 0 Å². The van der Waals surface area contributed by atoms with Gasteiger partial charge in [-0.3, -0.25) is 0 Å². The minimum Gasteiger partial charge on any atom is -0.340 e. The average Bonchev–Trinajstić information content (AvgIpc) is 2.32. The van der Waals surface area contributed by atoms with Gasteiger partial charge in [0.25, 0.3) is 0 Å². The van der Waals surface area contributed by atoms with Crippen molar-refractivity contribution >= 4 is 17.2 Å². The van der Waals surface area contributed by atoms with Crippen LogP contribution >= 0.6 is 0 Å². The average molecular weight is 217 g/mol. The molecule has 1 aromatic heterocycles. The third kappa shape index (κ3) is 2.38. The molecule has 2 aromatic rings. The van der Waals surface area contributed by atoms with Crippen LogP contribution in [0.4, 0.5) is 21.6 Å². The van der Waals surface area contributed by atoms with Crippen molar-refractivity contribution in [2.75, 3.05) is 5.32 Å². The van der Waals surface area contributed by atoms with E-state index in [4.69, 9.17) is 0 Å². The van der Waals surface area contributed by atoms with Gasteiger partial charge in [-0.05, 0) is 35.5 Å². The van der Waals surface area contributed by atoms with Crippen molar-refractivity contribution in [3.63, 3.8) is 0 Å². The van der Waals surface area contributed by atoms with Crippen LogP contribution in [0, 0.1) is 10.7 Å². The molecular formula is C11H8FN3O. The molecule has 0 fully saturated rings. The van der Waals surface area contributed by atoms with Crippen molar-refractivity contribution in [1.82, 2.24) is 4.98 Å². The van der Waals surface area contributed by atoms with Gasteiger partial charge in [0.2, 0.25) is 0 Å². The van der Waals surface area contributed by atoms with Gasteiger partial charge in [-0.2, -0.15) is 0 Å². The third-order valence-corrected chi connectivity index (χ3v) is 1.97. The van der Waals surface area contributed by atoms with E-state index in [0.717, 1.165) is 0 Å². The van der Waals surface area contributed by atoms with Gasteiger partial charge in [0.15, 0.2) is 0 Å². The molecule has 1 heterocycles. The molecule has 0 spiro atoms. The molecular weight excluding hydrogens is 209 g/mol. The highest BCUT2D eigenvalue weighted by molar-refractivity contribution is 5.59. The van der Waals surface area contributed by atoms with Gasteiger partial charge in [-0.15, -0.1) is 4.91 Å². The van der Waals surface area contributed by atoms with Crippen LogP contribution in [0.5, 0.6) is 0 Å². The number of rotatable bonds is 3. The zero-order chi connectivity index (χ0) is 11.4. The summed E-state index contributed by atoms with van der Waals surface area (Å²) in [7, 11) is 0. The highest BCUT2D eigenvalue weighted by Crippen LogP contribution is 2.19. The fourth-order valence-electron chi connectivity index (χ4n) is 1.23. The van der Waals surface area contributed by atoms with Gasteiger partial charge in [-0.25, -0.2) is 9.37 Å². The quantitative estimate of drug-likeness (QED) is 0.802. The van der Waals surface area contributed by atoms with E-state index in [1.165, 1.54) is 30.5 Å². The maximum absolute atomic E-state index is 12.6. The molecule has 1 N–H and O–H groups in total. The molecule has 0 saturated carbocycles. The summed E-state index contributed by atoms with van der Waals surface area (Å²) in [5.74, 6) is 0.186. The summed E-state index contributed by atoms with van der Waals surface area (Å²) in [4.78, 5) is 14.3. The predicted octanol–water partition coefficient (Wildman–Crippen LogP) is 3.36. The Hall–Kier alpha value is -2.30. The summed E-state index contributed by atoms with van der Waals surface area (Å²) < 4.78 is 12.6. The number of nitrogens with one attached hydrogen (secondary N) is 1. The molecule has 4 nitrogen and oxygen atoms in total. The molecule has 0 saturated heterocycles. The van der Waals surface area contributed by atoms with Gasteiger partial charge in [0, 0.05) is 18.0 Å². The Balaban J connectivity index is 2.20. The number of halogens is 1. The highest BCUT2D eigenvalue weighted by atomic mass is 19.1. The van der Waals surface area contributed by atoms with Gasteiger partial charge in [-0.1, -0.05) is 0 Å². The minimum absolute atomic E-state index is 0.291. The van der Waals surface area contributed by atoms with Crippen LogP contribution in [-0.4, -0.2) is 4.98 Å². The Morgan fingerprint density at radius 1 is 1.19 bits per heavy atom. The summed E-state index contributed by atoms with van der Waals surface area (Å²) in [5, 5.41) is 5.73. The topological polar surface area (TPSA) is 54.4 Å². The number of hydrogen-bond donors (Lipinski definition) is 1. The number of nitrogens with zero attached hydrogens (tertiary/aromatic N) is 2.